The van der Waals surface area contributed by atoms with Crippen molar-refractivity contribution in [2.24, 2.45) is 0 Å². The number of aromatic nitrogens is 3. The van der Waals surface area contributed by atoms with Crippen LogP contribution in [0.4, 0.5) is 23.3 Å². The Morgan fingerprint density at radius 2 is 1.86 bits per heavy atom. The highest BCUT2D eigenvalue weighted by Gasteiger charge is 2.20. The van der Waals surface area contributed by atoms with Crippen LogP contribution in [0.15, 0.2) is 42.5 Å². The molecular formula is C19H18N6O4. The molecule has 1 aromatic heterocycles. The molecule has 2 heterocycles. The second-order valence-electron chi connectivity index (χ2n) is 6.22. The number of para-hydroxylation sites is 1. The fraction of sp³-hybridized carbons (Fsp3) is 0.158. The number of nitrogen functional groups attached to an aromatic ring is 1. The van der Waals surface area contributed by atoms with Crippen molar-refractivity contribution in [3.63, 3.8) is 0 Å². The molecule has 0 saturated heterocycles. The van der Waals surface area contributed by atoms with E-state index in [-0.39, 0.29) is 23.4 Å². The lowest BCUT2D eigenvalue weighted by Gasteiger charge is -2.18. The van der Waals surface area contributed by atoms with Gasteiger partial charge in [-0.2, -0.15) is 9.67 Å². The summed E-state index contributed by atoms with van der Waals surface area (Å²) in [6, 6.07) is 11.9. The molecule has 1 aliphatic heterocycles. The number of nitrogens with two attached hydrogens (primary N) is 1. The summed E-state index contributed by atoms with van der Waals surface area (Å²) < 4.78 is 12.0. The van der Waals surface area contributed by atoms with Gasteiger partial charge in [-0.1, -0.05) is 12.1 Å². The number of benzene rings is 2. The van der Waals surface area contributed by atoms with Gasteiger partial charge < -0.3 is 25.8 Å². The van der Waals surface area contributed by atoms with Gasteiger partial charge in [0, 0.05) is 18.7 Å². The Morgan fingerprint density at radius 3 is 2.66 bits per heavy atom. The van der Waals surface area contributed by atoms with Gasteiger partial charge >= 0.3 is 0 Å². The van der Waals surface area contributed by atoms with E-state index in [1.165, 1.54) is 6.92 Å². The molecule has 4 N–H and O–H groups in total. The Kier molecular flexibility index (Phi) is 4.73. The number of anilines is 4. The number of carbonyl (C=O) groups excluding carboxylic acids is 2. The fourth-order valence-electron chi connectivity index (χ4n) is 2.86. The normalized spacial score (nSPS) is 12.3. The summed E-state index contributed by atoms with van der Waals surface area (Å²) in [7, 11) is 0. The van der Waals surface area contributed by atoms with Crippen molar-refractivity contribution in [1.82, 2.24) is 14.8 Å². The number of hydrogen-bond acceptors (Lipinski definition) is 8. The van der Waals surface area contributed by atoms with E-state index in [2.05, 4.69) is 20.7 Å². The van der Waals surface area contributed by atoms with E-state index in [0.717, 1.165) is 4.68 Å². The summed E-state index contributed by atoms with van der Waals surface area (Å²) in [5.74, 6) is 0.503. The van der Waals surface area contributed by atoms with Crippen molar-refractivity contribution < 1.29 is 19.1 Å². The number of amides is 1. The van der Waals surface area contributed by atoms with E-state index in [1.807, 2.05) is 0 Å². The number of fused-ring (bicyclic) bond motifs is 1. The van der Waals surface area contributed by atoms with E-state index in [9.17, 15) is 9.59 Å². The average Bonchev–Trinajstić information content (AvgIpc) is 3.07. The second-order valence-corrected chi connectivity index (χ2v) is 6.22. The zero-order valence-electron chi connectivity index (χ0n) is 15.5. The third-order valence-corrected chi connectivity index (χ3v) is 4.09. The Balaban J connectivity index is 1.59. The van der Waals surface area contributed by atoms with E-state index < -0.39 is 5.91 Å². The maximum absolute atomic E-state index is 12.9. The summed E-state index contributed by atoms with van der Waals surface area (Å²) in [6.45, 7) is 2.34. The van der Waals surface area contributed by atoms with Gasteiger partial charge in [0.25, 0.3) is 5.91 Å². The molecule has 2 aromatic carbocycles. The Morgan fingerprint density at radius 1 is 1.10 bits per heavy atom. The summed E-state index contributed by atoms with van der Waals surface area (Å²) in [5, 5.41) is 9.75. The van der Waals surface area contributed by atoms with Crippen molar-refractivity contribution in [1.29, 1.82) is 0 Å². The minimum atomic E-state index is -0.519. The van der Waals surface area contributed by atoms with Crippen molar-refractivity contribution in [2.45, 2.75) is 6.92 Å². The zero-order valence-corrected chi connectivity index (χ0v) is 15.5. The van der Waals surface area contributed by atoms with Gasteiger partial charge in [0.2, 0.25) is 17.8 Å². The molecule has 0 unspecified atom stereocenters. The van der Waals surface area contributed by atoms with Crippen LogP contribution in [0.1, 0.15) is 17.3 Å². The minimum Gasteiger partial charge on any atom is -0.486 e. The Labute approximate surface area is 165 Å². The summed E-state index contributed by atoms with van der Waals surface area (Å²) >= 11 is 0. The first-order chi connectivity index (χ1) is 14.0. The van der Waals surface area contributed by atoms with Crippen molar-refractivity contribution in [2.75, 3.05) is 29.6 Å². The number of ether oxygens (including phenoxy) is 2. The molecule has 29 heavy (non-hydrogen) atoms. The predicted molar refractivity (Wildman–Crippen MR) is 106 cm³/mol. The SMILES string of the molecule is CC(=O)Nc1ccccc1C(=O)n1nc(Nc2ccc3c(c2)OCCO3)nc1N. The van der Waals surface area contributed by atoms with Gasteiger partial charge in [0.05, 0.1) is 11.3 Å². The van der Waals surface area contributed by atoms with Crippen molar-refractivity contribution >= 4 is 35.1 Å². The molecule has 10 heteroatoms. The van der Waals surface area contributed by atoms with E-state index in [1.54, 1.807) is 42.5 Å². The topological polar surface area (TPSA) is 133 Å². The first-order valence-corrected chi connectivity index (χ1v) is 8.82. The van der Waals surface area contributed by atoms with E-state index >= 15 is 0 Å². The maximum Gasteiger partial charge on any atom is 0.283 e. The predicted octanol–water partition coefficient (Wildman–Crippen LogP) is 2.02. The minimum absolute atomic E-state index is 0.0901. The number of nitrogens with one attached hydrogen (secondary N) is 2. The van der Waals surface area contributed by atoms with Gasteiger partial charge in [-0.3, -0.25) is 9.59 Å². The maximum atomic E-state index is 12.9. The summed E-state index contributed by atoms with van der Waals surface area (Å²) in [5.41, 5.74) is 7.15. The Bertz CT molecular complexity index is 1090. The highest BCUT2D eigenvalue weighted by molar-refractivity contribution is 6.04. The molecule has 10 nitrogen and oxygen atoms in total. The first-order valence-electron chi connectivity index (χ1n) is 8.82. The number of carbonyl (C=O) groups is 2. The summed E-state index contributed by atoms with van der Waals surface area (Å²) in [6.07, 6.45) is 0. The molecule has 0 saturated carbocycles. The van der Waals surface area contributed by atoms with Crippen LogP contribution in [0.25, 0.3) is 0 Å². The van der Waals surface area contributed by atoms with Gasteiger partial charge in [-0.15, -0.1) is 5.10 Å². The largest absolute Gasteiger partial charge is 0.486 e. The van der Waals surface area contributed by atoms with E-state index in [4.69, 9.17) is 15.2 Å². The standard InChI is InChI=1S/C19H18N6O4/c1-11(26)21-14-5-3-2-4-13(14)17(27)25-18(20)23-19(24-25)22-12-6-7-15-16(10-12)29-9-8-28-15/h2-7,10H,8-9H2,1H3,(H,21,26)(H3,20,22,23,24). The van der Waals surface area contributed by atoms with Crippen LogP contribution in [0, 0.1) is 0 Å². The first kappa shape index (κ1) is 18.3. The molecule has 0 radical (unpaired) electrons. The van der Waals surface area contributed by atoms with Crippen LogP contribution < -0.4 is 25.8 Å². The van der Waals surface area contributed by atoms with Crippen LogP contribution in [-0.4, -0.2) is 39.8 Å². The monoisotopic (exact) mass is 394 g/mol. The molecule has 1 aliphatic rings. The van der Waals surface area contributed by atoms with Crippen molar-refractivity contribution in [3.8, 4) is 11.5 Å². The van der Waals surface area contributed by atoms with Crippen LogP contribution in [0.2, 0.25) is 0 Å². The molecule has 0 spiro atoms. The van der Waals surface area contributed by atoms with Crippen LogP contribution in [0.5, 0.6) is 11.5 Å². The molecule has 0 aliphatic carbocycles. The third kappa shape index (κ3) is 3.81. The molecule has 3 aromatic rings. The lowest BCUT2D eigenvalue weighted by molar-refractivity contribution is -0.114. The zero-order chi connectivity index (χ0) is 20.4. The van der Waals surface area contributed by atoms with Gasteiger partial charge in [-0.05, 0) is 24.3 Å². The molecule has 0 fully saturated rings. The molecule has 0 bridgehead atoms. The molecule has 1 amide bonds. The van der Waals surface area contributed by atoms with Crippen LogP contribution in [-0.2, 0) is 4.79 Å². The Hall–Kier alpha value is -4.08. The lowest BCUT2D eigenvalue weighted by atomic mass is 10.1. The number of nitrogens with zero attached hydrogens (tertiary/aromatic N) is 3. The van der Waals surface area contributed by atoms with Gasteiger partial charge in [0.15, 0.2) is 11.5 Å². The van der Waals surface area contributed by atoms with Gasteiger partial charge in [-0.25, -0.2) is 0 Å². The molecule has 4 rings (SSSR count). The molecular weight excluding hydrogens is 376 g/mol. The lowest BCUT2D eigenvalue weighted by Crippen LogP contribution is -2.19. The van der Waals surface area contributed by atoms with Crippen LogP contribution >= 0.6 is 0 Å². The highest BCUT2D eigenvalue weighted by atomic mass is 16.6. The highest BCUT2D eigenvalue weighted by Crippen LogP contribution is 2.33. The van der Waals surface area contributed by atoms with E-state index in [0.29, 0.717) is 36.1 Å². The average molecular weight is 394 g/mol. The van der Waals surface area contributed by atoms with Crippen molar-refractivity contribution in [3.05, 3.63) is 48.0 Å². The number of rotatable bonds is 4. The number of hydrogen-bond donors (Lipinski definition) is 3. The second kappa shape index (κ2) is 7.50. The smallest absolute Gasteiger partial charge is 0.283 e. The molecule has 0 atom stereocenters. The van der Waals surface area contributed by atoms with Gasteiger partial charge in [0.1, 0.15) is 13.2 Å². The third-order valence-electron chi connectivity index (χ3n) is 4.09. The quantitative estimate of drug-likeness (QED) is 0.612. The molecule has 148 valence electrons. The van der Waals surface area contributed by atoms with Crippen LogP contribution in [0.3, 0.4) is 0 Å². The fourth-order valence-corrected chi connectivity index (χ4v) is 2.86. The summed E-state index contributed by atoms with van der Waals surface area (Å²) in [4.78, 5) is 28.4.